The van der Waals surface area contributed by atoms with Crippen molar-refractivity contribution in [3.8, 4) is 5.88 Å². The van der Waals surface area contributed by atoms with Gasteiger partial charge in [0.15, 0.2) is 0 Å². The van der Waals surface area contributed by atoms with Crippen molar-refractivity contribution in [2.24, 2.45) is 0 Å². The molecule has 2 heterocycles. The molecule has 0 bridgehead atoms. The van der Waals surface area contributed by atoms with Crippen LogP contribution in [0.1, 0.15) is 52.8 Å². The van der Waals surface area contributed by atoms with Crippen LogP contribution in [0.15, 0.2) is 0 Å². The molecule has 1 aromatic heterocycles. The topological polar surface area (TPSA) is 117 Å². The molecule has 0 saturated heterocycles. The van der Waals surface area contributed by atoms with Gasteiger partial charge in [-0.05, 0) is 41.5 Å². The molecule has 10 nitrogen and oxygen atoms in total. The van der Waals surface area contributed by atoms with Gasteiger partial charge in [0.1, 0.15) is 17.2 Å². The molecule has 0 fully saturated rings. The predicted molar refractivity (Wildman–Crippen MR) is 120 cm³/mol. The molecular formula is C21H24F11N3O7S. The van der Waals surface area contributed by atoms with Gasteiger partial charge in [-0.15, -0.1) is 5.10 Å². The van der Waals surface area contributed by atoms with Crippen molar-refractivity contribution in [3.63, 3.8) is 0 Å². The summed E-state index contributed by atoms with van der Waals surface area (Å²) < 4.78 is 186. The molecule has 43 heavy (non-hydrogen) atoms. The summed E-state index contributed by atoms with van der Waals surface area (Å²) in [5.74, 6) is -17.1. The number of halogens is 11. The number of alkyl halides is 11. The number of hydrogen-bond acceptors (Lipinski definition) is 8. The summed E-state index contributed by atoms with van der Waals surface area (Å²) in [5.41, 5.74) is -4.48. The summed E-state index contributed by atoms with van der Waals surface area (Å²) in [5, 5.41) is -4.15. The van der Waals surface area contributed by atoms with E-state index in [9.17, 15) is 66.3 Å². The molecule has 0 aliphatic carbocycles. The number of rotatable bonds is 6. The van der Waals surface area contributed by atoms with Crippen molar-refractivity contribution in [2.75, 3.05) is 0 Å². The SMILES string of the molecule is CC(C)(C)OC(=O)N1Cc2c(OS(=O)(=O)C(F)(F)C(F)(F)C(F)(F)C(F)(F)F)nn(C(=O)OC(C)(C)C)c2CC1C(F)F. The molecule has 1 atom stereocenters. The maximum Gasteiger partial charge on any atom is 0.460 e. The third-order valence-corrected chi connectivity index (χ3v) is 6.55. The van der Waals surface area contributed by atoms with E-state index in [2.05, 4.69) is 9.28 Å². The van der Waals surface area contributed by atoms with Crippen LogP contribution in [0.5, 0.6) is 5.88 Å². The molecular weight excluding hydrogens is 647 g/mol. The van der Waals surface area contributed by atoms with Crippen molar-refractivity contribution in [2.45, 2.75) is 101 Å². The zero-order valence-electron chi connectivity index (χ0n) is 22.8. The minimum Gasteiger partial charge on any atom is -0.444 e. The minimum atomic E-state index is -7.67. The van der Waals surface area contributed by atoms with Crippen LogP contribution in [0, 0.1) is 0 Å². The number of aromatic nitrogens is 2. The lowest BCUT2D eigenvalue weighted by Crippen LogP contribution is -2.63. The van der Waals surface area contributed by atoms with Crippen LogP contribution < -0.4 is 4.18 Å². The highest BCUT2D eigenvalue weighted by Gasteiger charge is 2.86. The summed E-state index contributed by atoms with van der Waals surface area (Å²) in [6.45, 7) is 6.46. The average molecular weight is 671 g/mol. The molecule has 0 radical (unpaired) electrons. The second kappa shape index (κ2) is 10.8. The summed E-state index contributed by atoms with van der Waals surface area (Å²) >= 11 is 0. The first-order valence-corrected chi connectivity index (χ1v) is 13.0. The van der Waals surface area contributed by atoms with Crippen LogP contribution in [-0.4, -0.2) is 82.2 Å². The Labute approximate surface area is 236 Å². The van der Waals surface area contributed by atoms with E-state index in [1.165, 1.54) is 41.5 Å². The second-order valence-corrected chi connectivity index (χ2v) is 12.6. The molecule has 0 aromatic carbocycles. The fourth-order valence-electron chi connectivity index (χ4n) is 3.37. The second-order valence-electron chi connectivity index (χ2n) is 11.0. The molecule has 1 aliphatic heterocycles. The Morgan fingerprint density at radius 3 is 1.72 bits per heavy atom. The van der Waals surface area contributed by atoms with Crippen molar-refractivity contribution in [1.29, 1.82) is 0 Å². The van der Waals surface area contributed by atoms with Crippen molar-refractivity contribution < 1.29 is 80.0 Å². The number of amides is 1. The summed E-state index contributed by atoms with van der Waals surface area (Å²) in [7, 11) is -7.57. The Morgan fingerprint density at radius 2 is 1.30 bits per heavy atom. The van der Waals surface area contributed by atoms with Gasteiger partial charge in [0, 0.05) is 6.42 Å². The van der Waals surface area contributed by atoms with Crippen LogP contribution in [-0.2, 0) is 32.6 Å². The zero-order valence-corrected chi connectivity index (χ0v) is 23.7. The number of carbonyl (C=O) groups excluding carboxylic acids is 2. The summed E-state index contributed by atoms with van der Waals surface area (Å²) in [6, 6.07) is -2.17. The van der Waals surface area contributed by atoms with Crippen LogP contribution in [0.3, 0.4) is 0 Å². The van der Waals surface area contributed by atoms with E-state index in [0.717, 1.165) is 0 Å². The first-order valence-electron chi connectivity index (χ1n) is 11.6. The fraction of sp³-hybridized carbons (Fsp3) is 0.762. The van der Waals surface area contributed by atoms with Gasteiger partial charge in [0.05, 0.1) is 17.8 Å². The lowest BCUT2D eigenvalue weighted by molar-refractivity contribution is -0.382. The number of fused-ring (bicyclic) bond motifs is 1. The molecule has 0 N–H and O–H groups in total. The van der Waals surface area contributed by atoms with Crippen LogP contribution >= 0.6 is 0 Å². The molecule has 1 aromatic rings. The molecule has 22 heteroatoms. The Balaban J connectivity index is 2.74. The fourth-order valence-corrected chi connectivity index (χ4v) is 4.26. The lowest BCUT2D eigenvalue weighted by atomic mass is 10.0. The van der Waals surface area contributed by atoms with Gasteiger partial charge in [-0.2, -0.15) is 52.6 Å². The van der Waals surface area contributed by atoms with E-state index < -0.39 is 99.4 Å². The Bertz CT molecular complexity index is 1350. The number of hydrogen-bond donors (Lipinski definition) is 0. The molecule has 248 valence electrons. The van der Waals surface area contributed by atoms with Gasteiger partial charge in [0.25, 0.3) is 12.3 Å². The van der Waals surface area contributed by atoms with E-state index in [0.29, 0.717) is 0 Å². The quantitative estimate of drug-likeness (QED) is 0.278. The molecule has 0 spiro atoms. The van der Waals surface area contributed by atoms with Gasteiger partial charge in [-0.3, -0.25) is 4.90 Å². The predicted octanol–water partition coefficient (Wildman–Crippen LogP) is 5.73. The summed E-state index contributed by atoms with van der Waals surface area (Å²) in [6.07, 6.45) is -15.0. The van der Waals surface area contributed by atoms with E-state index >= 15 is 0 Å². The Hall–Kier alpha value is -3.07. The van der Waals surface area contributed by atoms with Gasteiger partial charge in [-0.1, -0.05) is 0 Å². The normalized spacial score (nSPS) is 17.5. The third kappa shape index (κ3) is 6.87. The van der Waals surface area contributed by atoms with Crippen molar-refractivity contribution in [3.05, 3.63) is 11.3 Å². The van der Waals surface area contributed by atoms with Crippen molar-refractivity contribution in [1.82, 2.24) is 14.7 Å². The standard InChI is InChI=1S/C21H24F11N3O7S/c1-16(2,3)40-14(36)34-8-9-10(7-11(34)12(22)23)35(15(37)41-17(4,5)6)33-13(9)42-43(38,39)21(31,32)19(26,27)18(24,25)20(28,29)30/h11-12H,7-8H2,1-6H3. The lowest BCUT2D eigenvalue weighted by Gasteiger charge is -2.36. The zero-order chi connectivity index (χ0) is 33.9. The highest BCUT2D eigenvalue weighted by Crippen LogP contribution is 2.55. The first-order chi connectivity index (χ1) is 18.9. The molecule has 1 amide bonds. The maximum absolute atomic E-state index is 14.3. The van der Waals surface area contributed by atoms with Crippen LogP contribution in [0.2, 0.25) is 0 Å². The molecule has 0 saturated carbocycles. The smallest absolute Gasteiger partial charge is 0.444 e. The number of carbonyl (C=O) groups is 2. The molecule has 1 unspecified atom stereocenters. The Kier molecular flexibility index (Phi) is 9.09. The van der Waals surface area contributed by atoms with Crippen molar-refractivity contribution >= 4 is 22.3 Å². The van der Waals surface area contributed by atoms with Crippen LogP contribution in [0.4, 0.5) is 57.9 Å². The Morgan fingerprint density at radius 1 is 0.837 bits per heavy atom. The highest BCUT2D eigenvalue weighted by molar-refractivity contribution is 7.88. The average Bonchev–Trinajstić information content (AvgIpc) is 3.11. The number of ether oxygens (including phenoxy) is 2. The third-order valence-electron chi connectivity index (χ3n) is 5.29. The largest absolute Gasteiger partial charge is 0.460 e. The van der Waals surface area contributed by atoms with E-state index in [1.54, 1.807) is 0 Å². The van der Waals surface area contributed by atoms with Gasteiger partial charge in [-0.25, -0.2) is 18.4 Å². The molecule has 2 rings (SSSR count). The minimum absolute atomic E-state index is 0.00610. The monoisotopic (exact) mass is 671 g/mol. The van der Waals surface area contributed by atoms with E-state index in [1.807, 2.05) is 0 Å². The maximum atomic E-state index is 14.3. The number of nitrogens with zero attached hydrogens (tertiary/aromatic N) is 3. The van der Waals surface area contributed by atoms with Gasteiger partial charge in [0.2, 0.25) is 0 Å². The molecule has 1 aliphatic rings. The summed E-state index contributed by atoms with van der Waals surface area (Å²) in [4.78, 5) is 25.5. The van der Waals surface area contributed by atoms with Crippen LogP contribution in [0.25, 0.3) is 0 Å². The van der Waals surface area contributed by atoms with Gasteiger partial charge < -0.3 is 13.7 Å². The first kappa shape index (κ1) is 36.1. The van der Waals surface area contributed by atoms with E-state index in [4.69, 9.17) is 9.47 Å². The highest BCUT2D eigenvalue weighted by atomic mass is 32.2. The van der Waals surface area contributed by atoms with Gasteiger partial charge >= 0.3 is 45.6 Å². The van der Waals surface area contributed by atoms with E-state index in [-0.39, 0.29) is 9.58 Å².